The minimum absolute atomic E-state index is 0.120. The molecule has 166 valence electrons. The van der Waals surface area contributed by atoms with Crippen molar-refractivity contribution < 1.29 is 9.59 Å². The first kappa shape index (κ1) is 22.5. The molecule has 1 aromatic carbocycles. The van der Waals surface area contributed by atoms with Gasteiger partial charge in [0, 0.05) is 27.7 Å². The molecule has 0 saturated heterocycles. The average molecular weight is 468 g/mol. The predicted octanol–water partition coefficient (Wildman–Crippen LogP) is 5.63. The second-order valence-corrected chi connectivity index (χ2v) is 9.43. The first-order chi connectivity index (χ1) is 15.6. The van der Waals surface area contributed by atoms with Gasteiger partial charge in [-0.25, -0.2) is 0 Å². The smallest absolute Gasteiger partial charge is 0.273 e. The van der Waals surface area contributed by atoms with Crippen molar-refractivity contribution in [2.45, 2.75) is 50.7 Å². The van der Waals surface area contributed by atoms with Crippen molar-refractivity contribution in [2.75, 3.05) is 0 Å². The summed E-state index contributed by atoms with van der Waals surface area (Å²) >= 11 is 8.10. The molecule has 1 atom stereocenters. The van der Waals surface area contributed by atoms with Crippen LogP contribution < -0.4 is 5.32 Å². The molecule has 0 unspecified atom stereocenters. The van der Waals surface area contributed by atoms with Gasteiger partial charge >= 0.3 is 0 Å². The Morgan fingerprint density at radius 1 is 1.06 bits per heavy atom. The number of amides is 2. The van der Waals surface area contributed by atoms with Gasteiger partial charge in [-0.2, -0.15) is 0 Å². The van der Waals surface area contributed by atoms with Crippen LogP contribution in [0.2, 0.25) is 5.02 Å². The third-order valence-electron chi connectivity index (χ3n) is 5.76. The van der Waals surface area contributed by atoms with Crippen molar-refractivity contribution in [3.05, 3.63) is 87.3 Å². The largest absolute Gasteiger partial charge is 0.351 e. The monoisotopic (exact) mass is 467 g/mol. The van der Waals surface area contributed by atoms with Gasteiger partial charge < -0.3 is 10.2 Å². The number of carbonyl (C=O) groups excluding carboxylic acids is 2. The summed E-state index contributed by atoms with van der Waals surface area (Å²) < 4.78 is 0. The Bertz CT molecular complexity index is 1040. The summed E-state index contributed by atoms with van der Waals surface area (Å²) in [7, 11) is 0. The van der Waals surface area contributed by atoms with E-state index < -0.39 is 6.04 Å². The fraction of sp³-hybridized carbons (Fsp3) is 0.320. The van der Waals surface area contributed by atoms with Gasteiger partial charge in [0.2, 0.25) is 5.91 Å². The second-order valence-electron chi connectivity index (χ2n) is 7.99. The second kappa shape index (κ2) is 10.7. The third kappa shape index (κ3) is 5.37. The SMILES string of the molecule is O=C(NC1CCCCC1)[C@@H](c1ccccc1Cl)N(Cc1cccs1)C(=O)c1ccccn1. The van der Waals surface area contributed by atoms with Crippen LogP contribution in [0.1, 0.15) is 59.1 Å². The van der Waals surface area contributed by atoms with Crippen molar-refractivity contribution in [1.29, 1.82) is 0 Å². The number of hydrogen-bond donors (Lipinski definition) is 1. The van der Waals surface area contributed by atoms with Crippen LogP contribution in [0.4, 0.5) is 0 Å². The summed E-state index contributed by atoms with van der Waals surface area (Å²) in [6, 6.07) is 15.6. The van der Waals surface area contributed by atoms with E-state index in [2.05, 4.69) is 10.3 Å². The average Bonchev–Trinajstić information content (AvgIpc) is 3.34. The van der Waals surface area contributed by atoms with Gasteiger partial charge in [0.25, 0.3) is 5.91 Å². The van der Waals surface area contributed by atoms with E-state index in [4.69, 9.17) is 11.6 Å². The molecule has 0 aliphatic heterocycles. The highest BCUT2D eigenvalue weighted by Crippen LogP contribution is 2.32. The van der Waals surface area contributed by atoms with E-state index >= 15 is 0 Å². The molecule has 1 aliphatic carbocycles. The van der Waals surface area contributed by atoms with E-state index in [9.17, 15) is 9.59 Å². The Morgan fingerprint density at radius 2 is 1.84 bits per heavy atom. The molecule has 0 bridgehead atoms. The van der Waals surface area contributed by atoms with Gasteiger partial charge in [0.05, 0.1) is 6.54 Å². The molecule has 2 amide bonds. The number of nitrogens with one attached hydrogen (secondary N) is 1. The molecule has 0 radical (unpaired) electrons. The standard InChI is InChI=1S/C25H26ClN3O2S/c26-21-13-5-4-12-20(21)23(24(30)28-18-9-2-1-3-10-18)29(17-19-11-8-16-32-19)25(31)22-14-6-7-15-27-22/h4-8,11-16,18,23H,1-3,9-10,17H2,(H,28,30)/t23-/m1/s1. The molecule has 5 nitrogen and oxygen atoms in total. The molecule has 1 saturated carbocycles. The zero-order valence-corrected chi connectivity index (χ0v) is 19.3. The van der Waals surface area contributed by atoms with Gasteiger partial charge in [-0.15, -0.1) is 11.3 Å². The number of thiophene rings is 1. The molecule has 0 spiro atoms. The summed E-state index contributed by atoms with van der Waals surface area (Å²) in [4.78, 5) is 34.2. The molecule has 4 rings (SSSR count). The van der Waals surface area contributed by atoms with Crippen molar-refractivity contribution in [2.24, 2.45) is 0 Å². The molecule has 3 aromatic rings. The van der Waals surface area contributed by atoms with Gasteiger partial charge in [-0.3, -0.25) is 14.6 Å². The Morgan fingerprint density at radius 3 is 2.53 bits per heavy atom. The van der Waals surface area contributed by atoms with Crippen LogP contribution in [0, 0.1) is 0 Å². The van der Waals surface area contributed by atoms with E-state index in [1.807, 2.05) is 35.7 Å². The summed E-state index contributed by atoms with van der Waals surface area (Å²) in [5, 5.41) is 5.63. The maximum atomic E-state index is 13.7. The Balaban J connectivity index is 1.73. The number of nitrogens with zero attached hydrogens (tertiary/aromatic N) is 2. The Hall–Kier alpha value is -2.70. The maximum Gasteiger partial charge on any atom is 0.273 e. The quantitative estimate of drug-likeness (QED) is 0.489. The van der Waals surface area contributed by atoms with E-state index in [-0.39, 0.29) is 17.9 Å². The highest BCUT2D eigenvalue weighted by molar-refractivity contribution is 7.09. The molecule has 1 aliphatic rings. The molecular formula is C25H26ClN3O2S. The van der Waals surface area contributed by atoms with Crippen molar-refractivity contribution in [1.82, 2.24) is 15.2 Å². The Kier molecular flexibility index (Phi) is 7.55. The predicted molar refractivity (Wildman–Crippen MR) is 128 cm³/mol. The number of hydrogen-bond acceptors (Lipinski definition) is 4. The summed E-state index contributed by atoms with van der Waals surface area (Å²) in [5.41, 5.74) is 0.912. The van der Waals surface area contributed by atoms with Gasteiger partial charge in [0.15, 0.2) is 0 Å². The highest BCUT2D eigenvalue weighted by atomic mass is 35.5. The van der Waals surface area contributed by atoms with Crippen LogP contribution >= 0.6 is 22.9 Å². The maximum absolute atomic E-state index is 13.7. The lowest BCUT2D eigenvalue weighted by atomic mass is 9.94. The van der Waals surface area contributed by atoms with Gasteiger partial charge in [-0.1, -0.05) is 61.2 Å². The van der Waals surface area contributed by atoms with E-state index in [1.54, 1.807) is 46.7 Å². The highest BCUT2D eigenvalue weighted by Gasteiger charge is 2.35. The van der Waals surface area contributed by atoms with E-state index in [0.717, 1.165) is 30.6 Å². The normalized spacial score (nSPS) is 15.2. The number of benzene rings is 1. The van der Waals surface area contributed by atoms with Gasteiger partial charge in [0.1, 0.15) is 11.7 Å². The number of pyridine rings is 1. The van der Waals surface area contributed by atoms with Crippen LogP contribution in [0.5, 0.6) is 0 Å². The first-order valence-corrected chi connectivity index (χ1v) is 12.2. The number of rotatable bonds is 7. The summed E-state index contributed by atoms with van der Waals surface area (Å²) in [6.07, 6.45) is 6.91. The third-order valence-corrected chi connectivity index (χ3v) is 6.97. The molecule has 2 heterocycles. The van der Waals surface area contributed by atoms with Crippen LogP contribution in [0.25, 0.3) is 0 Å². The van der Waals surface area contributed by atoms with Crippen LogP contribution in [0.15, 0.2) is 66.2 Å². The number of carbonyl (C=O) groups is 2. The fourth-order valence-electron chi connectivity index (χ4n) is 4.16. The summed E-state index contributed by atoms with van der Waals surface area (Å²) in [6.45, 7) is 0.293. The molecule has 1 fully saturated rings. The molecule has 1 N–H and O–H groups in total. The van der Waals surface area contributed by atoms with Gasteiger partial charge in [-0.05, 0) is 42.5 Å². The summed E-state index contributed by atoms with van der Waals surface area (Å²) in [5.74, 6) is -0.506. The number of aromatic nitrogens is 1. The van der Waals surface area contributed by atoms with E-state index in [0.29, 0.717) is 22.8 Å². The Labute approximate surface area is 197 Å². The van der Waals surface area contributed by atoms with Crippen molar-refractivity contribution in [3.63, 3.8) is 0 Å². The first-order valence-electron chi connectivity index (χ1n) is 10.9. The van der Waals surface area contributed by atoms with Crippen molar-refractivity contribution in [3.8, 4) is 0 Å². The van der Waals surface area contributed by atoms with Crippen LogP contribution in [0.3, 0.4) is 0 Å². The molecule has 7 heteroatoms. The van der Waals surface area contributed by atoms with Crippen LogP contribution in [-0.4, -0.2) is 27.7 Å². The topological polar surface area (TPSA) is 62.3 Å². The fourth-order valence-corrected chi connectivity index (χ4v) is 5.10. The van der Waals surface area contributed by atoms with Crippen LogP contribution in [-0.2, 0) is 11.3 Å². The lowest BCUT2D eigenvalue weighted by Crippen LogP contribution is -2.47. The minimum atomic E-state index is -0.859. The van der Waals surface area contributed by atoms with E-state index in [1.165, 1.54) is 6.42 Å². The minimum Gasteiger partial charge on any atom is -0.351 e. The lowest BCUT2D eigenvalue weighted by molar-refractivity contribution is -0.127. The lowest BCUT2D eigenvalue weighted by Gasteiger charge is -2.33. The zero-order chi connectivity index (χ0) is 22.3. The van der Waals surface area contributed by atoms with Crippen molar-refractivity contribution >= 4 is 34.8 Å². The molecule has 2 aromatic heterocycles. The molecule has 32 heavy (non-hydrogen) atoms. The zero-order valence-electron chi connectivity index (χ0n) is 17.7. The number of halogens is 1. The molecular weight excluding hydrogens is 442 g/mol.